The van der Waals surface area contributed by atoms with Gasteiger partial charge < -0.3 is 9.47 Å². The van der Waals surface area contributed by atoms with Crippen LogP contribution in [0.15, 0.2) is 188 Å². The van der Waals surface area contributed by atoms with Gasteiger partial charge in [-0.1, -0.05) is 127 Å². The molecule has 8 aromatic rings. The van der Waals surface area contributed by atoms with Crippen molar-refractivity contribution >= 4 is 44.4 Å². The number of para-hydroxylation sites is 2. The molecule has 0 atom stereocenters. The van der Waals surface area contributed by atoms with Gasteiger partial charge in [-0.3, -0.25) is 0 Å². The van der Waals surface area contributed by atoms with E-state index in [0.29, 0.717) is 0 Å². The molecule has 7 aromatic carbocycles. The Kier molecular flexibility index (Phi) is 7.91. The van der Waals surface area contributed by atoms with Crippen LogP contribution in [0.25, 0.3) is 55.3 Å². The maximum Gasteiger partial charge on any atom is 0.0541 e. The number of benzene rings is 7. The van der Waals surface area contributed by atoms with Crippen LogP contribution in [0.5, 0.6) is 0 Å². The number of rotatable bonds is 7. The van der Waals surface area contributed by atoms with E-state index in [-0.39, 0.29) is 0 Å². The first-order chi connectivity index (χ1) is 25.2. The molecule has 244 valence electrons. The number of nitrogens with zero attached hydrogens (tertiary/aromatic N) is 2. The lowest BCUT2D eigenvalue weighted by Crippen LogP contribution is -2.09. The van der Waals surface area contributed by atoms with Gasteiger partial charge in [0.25, 0.3) is 0 Å². The summed E-state index contributed by atoms with van der Waals surface area (Å²) in [5.74, 6) is 0. The van der Waals surface area contributed by atoms with Crippen LogP contribution in [-0.4, -0.2) is 4.57 Å². The van der Waals surface area contributed by atoms with Gasteiger partial charge in [-0.25, -0.2) is 0 Å². The van der Waals surface area contributed by atoms with Gasteiger partial charge in [0, 0.05) is 33.5 Å². The zero-order valence-corrected chi connectivity index (χ0v) is 28.7. The second kappa shape index (κ2) is 13.2. The zero-order chi connectivity index (χ0) is 34.1. The molecule has 0 bridgehead atoms. The molecule has 0 spiro atoms. The van der Waals surface area contributed by atoms with E-state index in [1.165, 1.54) is 66.4 Å². The summed E-state index contributed by atoms with van der Waals surface area (Å²) in [5.41, 5.74) is 15.7. The van der Waals surface area contributed by atoms with Crippen molar-refractivity contribution in [1.82, 2.24) is 4.57 Å². The number of hydrogen-bond acceptors (Lipinski definition) is 1. The summed E-state index contributed by atoms with van der Waals surface area (Å²) in [4.78, 5) is 2.34. The smallest absolute Gasteiger partial charge is 0.0541 e. The van der Waals surface area contributed by atoms with Crippen LogP contribution in [0.2, 0.25) is 0 Å². The van der Waals surface area contributed by atoms with Gasteiger partial charge in [-0.15, -0.1) is 0 Å². The lowest BCUT2D eigenvalue weighted by atomic mass is 9.97. The van der Waals surface area contributed by atoms with Gasteiger partial charge in [-0.2, -0.15) is 0 Å². The molecule has 0 N–H and O–H groups in total. The molecule has 51 heavy (non-hydrogen) atoms. The maximum absolute atomic E-state index is 2.37. The predicted molar refractivity (Wildman–Crippen MR) is 217 cm³/mol. The van der Waals surface area contributed by atoms with E-state index in [4.69, 9.17) is 0 Å². The summed E-state index contributed by atoms with van der Waals surface area (Å²) in [6.45, 7) is 2.14. The largest absolute Gasteiger partial charge is 0.311 e. The highest BCUT2D eigenvalue weighted by Crippen LogP contribution is 2.39. The molecule has 1 aliphatic rings. The Bertz CT molecular complexity index is 2530. The highest BCUT2D eigenvalue weighted by atomic mass is 15.1. The molecule has 9 rings (SSSR count). The van der Waals surface area contributed by atoms with E-state index in [2.05, 4.69) is 204 Å². The van der Waals surface area contributed by atoms with Gasteiger partial charge in [0.05, 0.1) is 11.0 Å². The van der Waals surface area contributed by atoms with Crippen molar-refractivity contribution in [2.24, 2.45) is 0 Å². The third kappa shape index (κ3) is 5.85. The number of aryl methyl sites for hydroxylation is 1. The Morgan fingerprint density at radius 2 is 0.980 bits per heavy atom. The van der Waals surface area contributed by atoms with Crippen LogP contribution >= 0.6 is 0 Å². The lowest BCUT2D eigenvalue weighted by molar-refractivity contribution is 1.04. The predicted octanol–water partition coefficient (Wildman–Crippen LogP) is 13.6. The number of fused-ring (bicyclic) bond motifs is 3. The summed E-state index contributed by atoms with van der Waals surface area (Å²) < 4.78 is 2.37. The monoisotopic (exact) mass is 654 g/mol. The first-order valence-electron chi connectivity index (χ1n) is 17.8. The Morgan fingerprint density at radius 1 is 0.451 bits per heavy atom. The average molecular weight is 655 g/mol. The fourth-order valence-corrected chi connectivity index (χ4v) is 7.44. The third-order valence-electron chi connectivity index (χ3n) is 10.1. The first-order valence-corrected chi connectivity index (χ1v) is 17.8. The SMILES string of the molecule is Cc1ccc(N(c2ccc(-c3ccc(C4=CCCC=C4)cc3)cc2)c2ccc(-c3ccc4c(c3)c3ccccc3n4-c3ccccc3)cc2)cc1. The molecule has 0 saturated heterocycles. The van der Waals surface area contributed by atoms with Crippen molar-refractivity contribution in [2.45, 2.75) is 19.8 Å². The minimum Gasteiger partial charge on any atom is -0.311 e. The minimum atomic E-state index is 1.12. The quantitative estimate of drug-likeness (QED) is 0.166. The Hall–Kier alpha value is -6.38. The van der Waals surface area contributed by atoms with Crippen LogP contribution in [0.3, 0.4) is 0 Å². The maximum atomic E-state index is 2.37. The summed E-state index contributed by atoms with van der Waals surface area (Å²) in [5, 5.41) is 2.52. The molecule has 1 heterocycles. The number of allylic oxidation sites excluding steroid dienone is 4. The van der Waals surface area contributed by atoms with Gasteiger partial charge in [-0.05, 0) is 120 Å². The van der Waals surface area contributed by atoms with E-state index >= 15 is 0 Å². The van der Waals surface area contributed by atoms with Crippen LogP contribution in [0, 0.1) is 6.92 Å². The molecule has 2 nitrogen and oxygen atoms in total. The zero-order valence-electron chi connectivity index (χ0n) is 28.7. The molecule has 0 unspecified atom stereocenters. The Balaban J connectivity index is 1.05. The second-order valence-corrected chi connectivity index (χ2v) is 13.4. The van der Waals surface area contributed by atoms with E-state index in [0.717, 1.165) is 29.9 Å². The highest BCUT2D eigenvalue weighted by molar-refractivity contribution is 6.10. The van der Waals surface area contributed by atoms with E-state index in [1.54, 1.807) is 0 Å². The van der Waals surface area contributed by atoms with Crippen LogP contribution in [0.4, 0.5) is 17.1 Å². The molecule has 0 amide bonds. The van der Waals surface area contributed by atoms with Crippen molar-refractivity contribution in [1.29, 1.82) is 0 Å². The molecule has 2 heteroatoms. The fraction of sp³-hybridized carbons (Fsp3) is 0.0612. The van der Waals surface area contributed by atoms with Gasteiger partial charge in [0.15, 0.2) is 0 Å². The molecular weight excluding hydrogens is 617 g/mol. The average Bonchev–Trinajstić information content (AvgIpc) is 3.54. The number of aromatic nitrogens is 1. The molecule has 0 aliphatic heterocycles. The molecule has 1 aromatic heterocycles. The molecule has 0 fully saturated rings. The molecule has 0 radical (unpaired) electrons. The standard InChI is InChI=1S/C49H38N2/c1-35-16-27-43(28-17-35)50(44-29-22-39(23-30-44)38-20-18-37(19-21-38)36-10-4-2-5-11-36)45-31-24-40(25-32-45)41-26-33-49-47(34-41)46-14-8-9-15-48(46)51(49)42-12-6-3-7-13-42/h3-4,6-34H,2,5H2,1H3. The molecule has 0 saturated carbocycles. The summed E-state index contributed by atoms with van der Waals surface area (Å²) in [6.07, 6.45) is 9.09. The van der Waals surface area contributed by atoms with E-state index < -0.39 is 0 Å². The van der Waals surface area contributed by atoms with Crippen molar-refractivity contribution < 1.29 is 0 Å². The van der Waals surface area contributed by atoms with Crippen LogP contribution in [-0.2, 0) is 0 Å². The lowest BCUT2D eigenvalue weighted by Gasteiger charge is -2.26. The van der Waals surface area contributed by atoms with E-state index in [1.807, 2.05) is 0 Å². The third-order valence-corrected chi connectivity index (χ3v) is 10.1. The van der Waals surface area contributed by atoms with Crippen molar-refractivity contribution in [3.05, 3.63) is 199 Å². The normalized spacial score (nSPS) is 12.7. The summed E-state index contributed by atoms with van der Waals surface area (Å²) in [6, 6.07) is 61.9. The molecular formula is C49H38N2. The first kappa shape index (κ1) is 30.7. The van der Waals surface area contributed by atoms with Gasteiger partial charge >= 0.3 is 0 Å². The second-order valence-electron chi connectivity index (χ2n) is 13.4. The topological polar surface area (TPSA) is 8.17 Å². The van der Waals surface area contributed by atoms with Crippen molar-refractivity contribution in [2.75, 3.05) is 4.90 Å². The molecule has 1 aliphatic carbocycles. The Morgan fingerprint density at radius 3 is 1.63 bits per heavy atom. The highest BCUT2D eigenvalue weighted by Gasteiger charge is 2.16. The van der Waals surface area contributed by atoms with Crippen LogP contribution < -0.4 is 4.90 Å². The fourth-order valence-electron chi connectivity index (χ4n) is 7.44. The van der Waals surface area contributed by atoms with Gasteiger partial charge in [0.2, 0.25) is 0 Å². The Labute approximate surface area is 299 Å². The number of hydrogen-bond donors (Lipinski definition) is 0. The van der Waals surface area contributed by atoms with Crippen molar-refractivity contribution in [3.63, 3.8) is 0 Å². The van der Waals surface area contributed by atoms with E-state index in [9.17, 15) is 0 Å². The van der Waals surface area contributed by atoms with Crippen molar-refractivity contribution in [3.8, 4) is 27.9 Å². The van der Waals surface area contributed by atoms with Gasteiger partial charge in [0.1, 0.15) is 0 Å². The summed E-state index contributed by atoms with van der Waals surface area (Å²) in [7, 11) is 0. The van der Waals surface area contributed by atoms with Crippen LogP contribution in [0.1, 0.15) is 24.0 Å². The number of anilines is 3. The summed E-state index contributed by atoms with van der Waals surface area (Å²) >= 11 is 0. The minimum absolute atomic E-state index is 1.12.